The highest BCUT2D eigenvalue weighted by Crippen LogP contribution is 2.67. The number of carbonyl (C=O) groups is 2. The third-order valence-electron chi connectivity index (χ3n) is 8.35. The highest BCUT2D eigenvalue weighted by molar-refractivity contribution is 7.98. The van der Waals surface area contributed by atoms with Crippen LogP contribution in [0.1, 0.15) is 51.9 Å². The van der Waals surface area contributed by atoms with Crippen molar-refractivity contribution >= 4 is 23.3 Å². The number of ether oxygens (including phenoxy) is 1. The molecule has 1 aliphatic heterocycles. The van der Waals surface area contributed by atoms with Crippen LogP contribution in [0.15, 0.2) is 11.6 Å². The van der Waals surface area contributed by atoms with Crippen molar-refractivity contribution in [2.24, 2.45) is 28.6 Å². The lowest BCUT2D eigenvalue weighted by Gasteiger charge is -2.55. The standard InChI is InChI=1S/C21H28O3S/c1-20-8-7-15-13(14(20)5-6-17(20)23)4-3-12-11-16(22)18-19(24-18)21(12,15)9-10-25-2/h7,12-14,18-19H,3-6,8-11H2,1-2H3/t12?,13-,14-,18?,19?,20-,21-/m0/s1. The van der Waals surface area contributed by atoms with Gasteiger partial charge in [0.2, 0.25) is 0 Å². The van der Waals surface area contributed by atoms with Crippen LogP contribution in [0.4, 0.5) is 0 Å². The highest BCUT2D eigenvalue weighted by atomic mass is 32.2. The summed E-state index contributed by atoms with van der Waals surface area (Å²) in [7, 11) is 0. The van der Waals surface area contributed by atoms with Crippen LogP contribution in [0, 0.1) is 28.6 Å². The molecule has 4 aliphatic carbocycles. The van der Waals surface area contributed by atoms with Crippen LogP contribution in [0.2, 0.25) is 0 Å². The Balaban J connectivity index is 1.58. The zero-order chi connectivity index (χ0) is 17.4. The maximum absolute atomic E-state index is 12.6. The van der Waals surface area contributed by atoms with Crippen LogP contribution < -0.4 is 0 Å². The summed E-state index contributed by atoms with van der Waals surface area (Å²) in [4.78, 5) is 24.9. The highest BCUT2D eigenvalue weighted by Gasteiger charge is 2.69. The van der Waals surface area contributed by atoms with Gasteiger partial charge in [-0.3, -0.25) is 9.59 Å². The van der Waals surface area contributed by atoms with E-state index in [1.165, 1.54) is 0 Å². The van der Waals surface area contributed by atoms with Crippen molar-refractivity contribution in [1.82, 2.24) is 0 Å². The predicted octanol–water partition coefficient (Wildman–Crippen LogP) is 3.81. The Hall–Kier alpha value is -0.610. The molecule has 3 saturated carbocycles. The van der Waals surface area contributed by atoms with Crippen LogP contribution in [0.3, 0.4) is 0 Å². The lowest BCUT2D eigenvalue weighted by molar-refractivity contribution is -0.127. The van der Waals surface area contributed by atoms with E-state index < -0.39 is 0 Å². The molecule has 0 aromatic rings. The Bertz CT molecular complexity index is 670. The van der Waals surface area contributed by atoms with Crippen molar-refractivity contribution in [2.45, 2.75) is 64.1 Å². The topological polar surface area (TPSA) is 46.7 Å². The van der Waals surface area contributed by atoms with Crippen molar-refractivity contribution in [2.75, 3.05) is 12.0 Å². The second-order valence-corrected chi connectivity index (χ2v) is 10.1. The van der Waals surface area contributed by atoms with Crippen molar-refractivity contribution in [1.29, 1.82) is 0 Å². The maximum atomic E-state index is 12.6. The van der Waals surface area contributed by atoms with Gasteiger partial charge in [0.1, 0.15) is 18.0 Å². The Morgan fingerprint density at radius 1 is 1.28 bits per heavy atom. The van der Waals surface area contributed by atoms with Gasteiger partial charge >= 0.3 is 0 Å². The number of Topliss-reactive ketones (excluding diaryl/α,β-unsaturated/α-hetero) is 2. The van der Waals surface area contributed by atoms with E-state index in [2.05, 4.69) is 19.3 Å². The third kappa shape index (κ3) is 2.04. The molecule has 0 radical (unpaired) electrons. The molecule has 3 unspecified atom stereocenters. The van der Waals surface area contributed by atoms with Crippen molar-refractivity contribution in [3.63, 3.8) is 0 Å². The van der Waals surface area contributed by atoms with Gasteiger partial charge in [0.25, 0.3) is 0 Å². The molecule has 0 aromatic carbocycles. The molecular formula is C21H28O3S. The van der Waals surface area contributed by atoms with E-state index in [4.69, 9.17) is 4.74 Å². The second kappa shape index (κ2) is 5.45. The van der Waals surface area contributed by atoms with Gasteiger partial charge in [-0.05, 0) is 61.9 Å². The summed E-state index contributed by atoms with van der Waals surface area (Å²) in [5.74, 6) is 3.46. The monoisotopic (exact) mass is 360 g/mol. The lowest BCUT2D eigenvalue weighted by Crippen LogP contribution is -2.53. The summed E-state index contributed by atoms with van der Waals surface area (Å²) in [6.07, 6.45) is 11.5. The molecule has 25 heavy (non-hydrogen) atoms. The second-order valence-electron chi connectivity index (χ2n) is 9.16. The van der Waals surface area contributed by atoms with Gasteiger partial charge in [-0.1, -0.05) is 18.6 Å². The quantitative estimate of drug-likeness (QED) is 0.567. The molecule has 0 aromatic heterocycles. The van der Waals surface area contributed by atoms with E-state index in [1.807, 2.05) is 11.8 Å². The number of rotatable bonds is 3. The Kier molecular flexibility index (Phi) is 3.61. The van der Waals surface area contributed by atoms with Gasteiger partial charge in [0.15, 0.2) is 5.78 Å². The van der Waals surface area contributed by atoms with Crippen molar-refractivity contribution in [3.05, 3.63) is 11.6 Å². The fraction of sp³-hybridized carbons (Fsp3) is 0.810. The van der Waals surface area contributed by atoms with Crippen LogP contribution in [-0.4, -0.2) is 35.8 Å². The Labute approximate surface area is 154 Å². The number of thioether (sulfide) groups is 1. The van der Waals surface area contributed by atoms with Gasteiger partial charge in [-0.15, -0.1) is 0 Å². The molecule has 1 saturated heterocycles. The molecular weight excluding hydrogens is 332 g/mol. The van der Waals surface area contributed by atoms with Gasteiger partial charge in [0, 0.05) is 23.7 Å². The van der Waals surface area contributed by atoms with Crippen molar-refractivity contribution < 1.29 is 14.3 Å². The summed E-state index contributed by atoms with van der Waals surface area (Å²) >= 11 is 1.90. The minimum absolute atomic E-state index is 0.0808. The van der Waals surface area contributed by atoms with Crippen molar-refractivity contribution in [3.8, 4) is 0 Å². The molecule has 5 rings (SSSR count). The van der Waals surface area contributed by atoms with Gasteiger partial charge in [-0.2, -0.15) is 11.8 Å². The Morgan fingerprint density at radius 3 is 2.92 bits per heavy atom. The number of hydrogen-bond donors (Lipinski definition) is 0. The number of ketones is 2. The summed E-state index contributed by atoms with van der Waals surface area (Å²) in [5.41, 5.74) is 1.54. The van der Waals surface area contributed by atoms with E-state index in [-0.39, 0.29) is 23.0 Å². The summed E-state index contributed by atoms with van der Waals surface area (Å²) in [6, 6.07) is 0. The zero-order valence-electron chi connectivity index (χ0n) is 15.3. The number of epoxide rings is 1. The molecule has 0 amide bonds. The molecule has 7 atom stereocenters. The number of fused-ring (bicyclic) bond motifs is 7. The SMILES string of the molecule is CSCC[C@@]12C3=CC[C@]4(C)C(=O)CC[C@H]4[C@@H]3CCC1CC(=O)C1OC12. The van der Waals surface area contributed by atoms with E-state index in [0.717, 1.165) is 44.3 Å². The fourth-order valence-electron chi connectivity index (χ4n) is 7.01. The molecule has 5 aliphatic rings. The summed E-state index contributed by atoms with van der Waals surface area (Å²) in [6.45, 7) is 2.21. The summed E-state index contributed by atoms with van der Waals surface area (Å²) < 4.78 is 6.00. The molecule has 1 heterocycles. The minimum atomic E-state index is -0.129. The fourth-order valence-corrected chi connectivity index (χ4v) is 7.56. The zero-order valence-corrected chi connectivity index (χ0v) is 16.1. The molecule has 0 N–H and O–H groups in total. The largest absolute Gasteiger partial charge is 0.360 e. The van der Waals surface area contributed by atoms with E-state index >= 15 is 0 Å². The minimum Gasteiger partial charge on any atom is -0.360 e. The van der Waals surface area contributed by atoms with E-state index in [1.54, 1.807) is 5.57 Å². The lowest BCUT2D eigenvalue weighted by atomic mass is 9.48. The van der Waals surface area contributed by atoms with Gasteiger partial charge in [-0.25, -0.2) is 0 Å². The average Bonchev–Trinajstić information content (AvgIpc) is 3.35. The number of hydrogen-bond acceptors (Lipinski definition) is 4. The summed E-state index contributed by atoms with van der Waals surface area (Å²) in [5, 5.41) is 0. The molecule has 4 heteroatoms. The van der Waals surface area contributed by atoms with Crippen LogP contribution >= 0.6 is 11.8 Å². The third-order valence-corrected chi connectivity index (χ3v) is 8.96. The molecule has 136 valence electrons. The molecule has 3 nitrogen and oxygen atoms in total. The predicted molar refractivity (Wildman–Crippen MR) is 98.5 cm³/mol. The smallest absolute Gasteiger partial charge is 0.164 e. The first kappa shape index (κ1) is 16.6. The molecule has 0 spiro atoms. The van der Waals surface area contributed by atoms with Crippen LogP contribution in [-0.2, 0) is 14.3 Å². The average molecular weight is 361 g/mol. The van der Waals surface area contributed by atoms with Gasteiger partial charge in [0.05, 0.1) is 0 Å². The van der Waals surface area contributed by atoms with Crippen LogP contribution in [0.25, 0.3) is 0 Å². The van der Waals surface area contributed by atoms with E-state index in [9.17, 15) is 9.59 Å². The first-order chi connectivity index (χ1) is 12.0. The molecule has 4 fully saturated rings. The van der Waals surface area contributed by atoms with E-state index in [0.29, 0.717) is 35.7 Å². The van der Waals surface area contributed by atoms with Crippen LogP contribution in [0.5, 0.6) is 0 Å². The number of carbonyl (C=O) groups excluding carboxylic acids is 2. The normalized spacial score (nSPS) is 50.5. The maximum Gasteiger partial charge on any atom is 0.164 e. The molecule has 0 bridgehead atoms. The number of allylic oxidation sites excluding steroid dienone is 1. The Morgan fingerprint density at radius 2 is 2.12 bits per heavy atom. The first-order valence-electron chi connectivity index (χ1n) is 9.93. The first-order valence-corrected chi connectivity index (χ1v) is 11.3. The van der Waals surface area contributed by atoms with Gasteiger partial charge < -0.3 is 4.74 Å².